The molecular weight excluding hydrogens is 442 g/mol. The van der Waals surface area contributed by atoms with E-state index in [0.29, 0.717) is 30.4 Å². The second kappa shape index (κ2) is 10.0. The molecule has 9 heteroatoms. The number of rotatable bonds is 8. The van der Waals surface area contributed by atoms with E-state index < -0.39 is 0 Å². The third kappa shape index (κ3) is 5.25. The molecule has 0 bridgehead atoms. The van der Waals surface area contributed by atoms with Gasteiger partial charge in [0.05, 0.1) is 18.1 Å². The molecule has 0 unspecified atom stereocenters. The SMILES string of the molecule is O=C(Cc1cn(-c2ccc(Nc3cnccn3)nn2)c2ccccc12)NCCc1ccc(O)cc1. The Morgan fingerprint density at radius 1 is 0.943 bits per heavy atom. The average molecular weight is 466 g/mol. The summed E-state index contributed by atoms with van der Waals surface area (Å²) in [6, 6.07) is 18.6. The minimum Gasteiger partial charge on any atom is -0.508 e. The van der Waals surface area contributed by atoms with Crippen LogP contribution in [0.4, 0.5) is 11.6 Å². The van der Waals surface area contributed by atoms with Crippen molar-refractivity contribution in [3.63, 3.8) is 0 Å². The molecule has 3 aromatic heterocycles. The quantitative estimate of drug-likeness (QED) is 0.321. The van der Waals surface area contributed by atoms with E-state index in [1.165, 1.54) is 0 Å². The first-order chi connectivity index (χ1) is 17.2. The summed E-state index contributed by atoms with van der Waals surface area (Å²) >= 11 is 0. The number of carbonyl (C=O) groups excluding carboxylic acids is 1. The van der Waals surface area contributed by atoms with Gasteiger partial charge in [0.2, 0.25) is 5.91 Å². The fourth-order valence-corrected chi connectivity index (χ4v) is 3.84. The van der Waals surface area contributed by atoms with Crippen molar-refractivity contribution in [1.82, 2.24) is 30.0 Å². The molecular formula is C26H23N7O2. The Hall–Kier alpha value is -4.79. The largest absolute Gasteiger partial charge is 0.508 e. The molecule has 0 aliphatic rings. The zero-order chi connectivity index (χ0) is 24.0. The van der Waals surface area contributed by atoms with E-state index in [-0.39, 0.29) is 18.1 Å². The molecule has 0 aliphatic heterocycles. The van der Waals surface area contributed by atoms with Crippen molar-refractivity contribution in [2.75, 3.05) is 11.9 Å². The molecule has 5 rings (SSSR count). The maximum Gasteiger partial charge on any atom is 0.224 e. The number of nitrogens with zero attached hydrogens (tertiary/aromatic N) is 5. The van der Waals surface area contributed by atoms with Crippen LogP contribution >= 0.6 is 0 Å². The van der Waals surface area contributed by atoms with Crippen LogP contribution in [0.15, 0.2) is 85.5 Å². The molecule has 0 atom stereocenters. The van der Waals surface area contributed by atoms with Crippen LogP contribution in [0.1, 0.15) is 11.1 Å². The molecule has 3 N–H and O–H groups in total. The number of hydrogen-bond donors (Lipinski definition) is 3. The lowest BCUT2D eigenvalue weighted by molar-refractivity contribution is -0.120. The average Bonchev–Trinajstić information content (AvgIpc) is 3.25. The highest BCUT2D eigenvalue weighted by molar-refractivity contribution is 5.90. The second-order valence-corrected chi connectivity index (χ2v) is 7.98. The van der Waals surface area contributed by atoms with Crippen molar-refractivity contribution in [2.45, 2.75) is 12.8 Å². The summed E-state index contributed by atoms with van der Waals surface area (Å²) in [4.78, 5) is 20.9. The van der Waals surface area contributed by atoms with E-state index in [1.807, 2.05) is 59.3 Å². The molecule has 0 fully saturated rings. The molecule has 174 valence electrons. The normalized spacial score (nSPS) is 10.9. The predicted molar refractivity (Wildman–Crippen MR) is 133 cm³/mol. The summed E-state index contributed by atoms with van der Waals surface area (Å²) in [7, 11) is 0. The van der Waals surface area contributed by atoms with Gasteiger partial charge in [0.15, 0.2) is 11.6 Å². The molecule has 0 saturated heterocycles. The van der Waals surface area contributed by atoms with Crippen molar-refractivity contribution < 1.29 is 9.90 Å². The lowest BCUT2D eigenvalue weighted by Gasteiger charge is -2.06. The number of aromatic hydroxyl groups is 1. The molecule has 0 spiro atoms. The van der Waals surface area contributed by atoms with Gasteiger partial charge in [-0.25, -0.2) is 4.98 Å². The van der Waals surface area contributed by atoms with Crippen LogP contribution in [-0.2, 0) is 17.6 Å². The topological polar surface area (TPSA) is 118 Å². The number of carbonyl (C=O) groups is 1. The number of benzene rings is 2. The third-order valence-electron chi connectivity index (χ3n) is 5.53. The highest BCUT2D eigenvalue weighted by Gasteiger charge is 2.14. The van der Waals surface area contributed by atoms with Gasteiger partial charge in [-0.2, -0.15) is 0 Å². The van der Waals surface area contributed by atoms with Gasteiger partial charge >= 0.3 is 0 Å². The van der Waals surface area contributed by atoms with Gasteiger partial charge < -0.3 is 15.7 Å². The Morgan fingerprint density at radius 3 is 2.57 bits per heavy atom. The van der Waals surface area contributed by atoms with Gasteiger partial charge in [-0.15, -0.1) is 10.2 Å². The Labute approximate surface area is 201 Å². The number of para-hydroxylation sites is 1. The number of hydrogen-bond acceptors (Lipinski definition) is 7. The van der Waals surface area contributed by atoms with E-state index in [2.05, 4.69) is 30.8 Å². The molecule has 1 amide bonds. The van der Waals surface area contributed by atoms with Gasteiger partial charge in [-0.05, 0) is 47.9 Å². The minimum atomic E-state index is -0.0544. The molecule has 9 nitrogen and oxygen atoms in total. The molecule has 2 aromatic carbocycles. The van der Waals surface area contributed by atoms with Crippen LogP contribution in [0.3, 0.4) is 0 Å². The summed E-state index contributed by atoms with van der Waals surface area (Å²) in [6.07, 6.45) is 7.69. The number of amides is 1. The molecule has 5 aromatic rings. The fourth-order valence-electron chi connectivity index (χ4n) is 3.84. The van der Waals surface area contributed by atoms with Crippen molar-refractivity contribution >= 4 is 28.4 Å². The maximum atomic E-state index is 12.7. The van der Waals surface area contributed by atoms with Crippen molar-refractivity contribution in [3.05, 3.63) is 96.6 Å². The van der Waals surface area contributed by atoms with Crippen LogP contribution in [0, 0.1) is 0 Å². The van der Waals surface area contributed by atoms with Gasteiger partial charge in [-0.3, -0.25) is 14.3 Å². The maximum absolute atomic E-state index is 12.7. The minimum absolute atomic E-state index is 0.0544. The Bertz CT molecular complexity index is 1430. The highest BCUT2D eigenvalue weighted by atomic mass is 16.3. The zero-order valence-corrected chi connectivity index (χ0v) is 18.8. The predicted octanol–water partition coefficient (Wildman–Crippen LogP) is 3.56. The van der Waals surface area contributed by atoms with Crippen LogP contribution in [-0.4, -0.2) is 42.3 Å². The number of fused-ring (bicyclic) bond motifs is 1. The molecule has 3 heterocycles. The van der Waals surface area contributed by atoms with Gasteiger partial charge in [0, 0.05) is 30.5 Å². The lowest BCUT2D eigenvalue weighted by atomic mass is 10.1. The van der Waals surface area contributed by atoms with Crippen molar-refractivity contribution in [2.24, 2.45) is 0 Å². The highest BCUT2D eigenvalue weighted by Crippen LogP contribution is 2.25. The van der Waals surface area contributed by atoms with Gasteiger partial charge in [-0.1, -0.05) is 30.3 Å². The smallest absolute Gasteiger partial charge is 0.224 e. The van der Waals surface area contributed by atoms with E-state index in [0.717, 1.165) is 22.0 Å². The Balaban J connectivity index is 1.29. The third-order valence-corrected chi connectivity index (χ3v) is 5.53. The van der Waals surface area contributed by atoms with Crippen molar-refractivity contribution in [3.8, 4) is 11.6 Å². The number of phenolic OH excluding ortho intramolecular Hbond substituents is 1. The standard InChI is InChI=1S/C26H23N7O2/c34-20-7-5-18(6-8-20)11-12-29-26(35)15-19-17-33(22-4-2-1-3-21(19)22)25-10-9-23(31-32-25)30-24-16-27-13-14-28-24/h1-10,13-14,16-17,34H,11-12,15H2,(H,29,35)(H,28,30,31). The first kappa shape index (κ1) is 22.0. The summed E-state index contributed by atoms with van der Waals surface area (Å²) in [5.74, 6) is 1.96. The first-order valence-corrected chi connectivity index (χ1v) is 11.2. The van der Waals surface area contributed by atoms with Crippen LogP contribution in [0.25, 0.3) is 16.7 Å². The monoisotopic (exact) mass is 465 g/mol. The summed E-state index contributed by atoms with van der Waals surface area (Å²) in [5, 5.41) is 25.0. The van der Waals surface area contributed by atoms with E-state index >= 15 is 0 Å². The second-order valence-electron chi connectivity index (χ2n) is 7.98. The van der Waals surface area contributed by atoms with E-state index in [4.69, 9.17) is 0 Å². The van der Waals surface area contributed by atoms with Gasteiger partial charge in [0.25, 0.3) is 0 Å². The molecule has 0 saturated carbocycles. The molecule has 0 radical (unpaired) electrons. The van der Waals surface area contributed by atoms with E-state index in [9.17, 15) is 9.90 Å². The Kier molecular flexibility index (Phi) is 6.29. The van der Waals surface area contributed by atoms with E-state index in [1.54, 1.807) is 30.7 Å². The molecule has 35 heavy (non-hydrogen) atoms. The van der Waals surface area contributed by atoms with Crippen molar-refractivity contribution in [1.29, 1.82) is 0 Å². The van der Waals surface area contributed by atoms with Crippen LogP contribution < -0.4 is 10.6 Å². The number of anilines is 2. The lowest BCUT2D eigenvalue weighted by Crippen LogP contribution is -2.27. The zero-order valence-electron chi connectivity index (χ0n) is 18.8. The Morgan fingerprint density at radius 2 is 1.80 bits per heavy atom. The number of aromatic nitrogens is 5. The van der Waals surface area contributed by atoms with Crippen LogP contribution in [0.5, 0.6) is 5.75 Å². The first-order valence-electron chi connectivity index (χ1n) is 11.2. The number of nitrogens with one attached hydrogen (secondary N) is 2. The van der Waals surface area contributed by atoms with Crippen LogP contribution in [0.2, 0.25) is 0 Å². The fraction of sp³-hybridized carbons (Fsp3) is 0.115. The number of phenols is 1. The summed E-state index contributed by atoms with van der Waals surface area (Å²) < 4.78 is 1.94. The molecule has 0 aliphatic carbocycles. The summed E-state index contributed by atoms with van der Waals surface area (Å²) in [6.45, 7) is 0.522. The summed E-state index contributed by atoms with van der Waals surface area (Å²) in [5.41, 5.74) is 2.91. The van der Waals surface area contributed by atoms with Gasteiger partial charge in [0.1, 0.15) is 11.6 Å².